The van der Waals surface area contributed by atoms with E-state index in [2.05, 4.69) is 11.4 Å². The second-order valence-electron chi connectivity index (χ2n) is 11.4. The van der Waals surface area contributed by atoms with E-state index in [0.717, 1.165) is 12.0 Å². The average molecular weight is 540 g/mol. The number of carbonyl (C=O) groups excluding carboxylic acids is 2. The van der Waals surface area contributed by atoms with Crippen LogP contribution >= 0.6 is 7.82 Å². The molecule has 188 valence electrons. The minimum absolute atomic E-state index is 0. The number of ketones is 2. The largest absolute Gasteiger partial charge is 1.00 e. The fourth-order valence-electron chi connectivity index (χ4n) is 8.17. The molecule has 0 amide bonds. The summed E-state index contributed by atoms with van der Waals surface area (Å²) < 4.78 is 28.0. The van der Waals surface area contributed by atoms with Gasteiger partial charge in [0.25, 0.3) is 0 Å². The molecule has 4 aliphatic carbocycles. The molecule has 0 radical (unpaired) electrons. The monoisotopic (exact) mass is 540 g/mol. The van der Waals surface area contributed by atoms with Crippen molar-refractivity contribution in [1.82, 2.24) is 0 Å². The summed E-state index contributed by atoms with van der Waals surface area (Å²) >= 11 is 0. The van der Waals surface area contributed by atoms with Gasteiger partial charge in [0.1, 0.15) is 6.61 Å². The van der Waals surface area contributed by atoms with Crippen LogP contribution in [0.4, 0.5) is 0 Å². The molecule has 12 heteroatoms. The summed E-state index contributed by atoms with van der Waals surface area (Å²) in [5.74, 6) is -1.97. The Bertz CT molecular complexity index is 1050. The molecule has 0 aromatic heterocycles. The summed E-state index contributed by atoms with van der Waals surface area (Å²) in [6, 6.07) is 0. The van der Waals surface area contributed by atoms with Crippen molar-refractivity contribution < 1.29 is 102 Å². The maximum absolute atomic E-state index is 13.6. The molecule has 5 rings (SSSR count). The van der Waals surface area contributed by atoms with E-state index < -0.39 is 54.6 Å². The number of aliphatic hydroxyl groups is 1. The first kappa shape index (κ1) is 31.3. The Labute approximate surface area is 255 Å². The number of phosphoric acid groups is 1. The first-order valence-corrected chi connectivity index (χ1v) is 13.3. The van der Waals surface area contributed by atoms with Gasteiger partial charge in [-0.25, -0.2) is 0 Å². The third-order valence-corrected chi connectivity index (χ3v) is 9.70. The van der Waals surface area contributed by atoms with Gasteiger partial charge in [0, 0.05) is 16.7 Å². The second kappa shape index (κ2) is 10.0. The maximum atomic E-state index is 13.6. The molecule has 1 aliphatic heterocycles. The molecule has 0 aromatic carbocycles. The van der Waals surface area contributed by atoms with Crippen molar-refractivity contribution in [3.05, 3.63) is 23.8 Å². The number of ether oxygens (including phenoxy) is 2. The molecule has 8 atom stereocenters. The Balaban J connectivity index is 0.00000180. The second-order valence-corrected chi connectivity index (χ2v) is 12.6. The molecule has 36 heavy (non-hydrogen) atoms. The van der Waals surface area contributed by atoms with Crippen molar-refractivity contribution >= 4 is 19.4 Å². The van der Waals surface area contributed by atoms with E-state index in [0.29, 0.717) is 12.8 Å². The quantitative estimate of drug-likeness (QED) is 0.274. The number of rotatable bonds is 4. The van der Waals surface area contributed by atoms with Gasteiger partial charge in [-0.2, -0.15) is 0 Å². The van der Waals surface area contributed by atoms with Crippen LogP contribution in [0.3, 0.4) is 0 Å². The summed E-state index contributed by atoms with van der Waals surface area (Å²) in [5, 5.41) is 11.6. The molecule has 1 heterocycles. The molecule has 3 saturated carbocycles. The molecule has 0 bridgehead atoms. The third-order valence-electron chi connectivity index (χ3n) is 9.26. The summed E-state index contributed by atoms with van der Waals surface area (Å²) in [5.41, 5.74) is -1.85. The van der Waals surface area contributed by atoms with Crippen molar-refractivity contribution in [2.75, 3.05) is 6.61 Å². The molecule has 3 unspecified atom stereocenters. The van der Waals surface area contributed by atoms with Crippen molar-refractivity contribution in [3.8, 4) is 0 Å². The van der Waals surface area contributed by atoms with Gasteiger partial charge in [0.2, 0.25) is 0 Å². The molecule has 9 nitrogen and oxygen atoms in total. The smallest absolute Gasteiger partial charge is 0.790 e. The van der Waals surface area contributed by atoms with Crippen LogP contribution in [0.2, 0.25) is 0 Å². The molecule has 1 N–H and O–H groups in total. The van der Waals surface area contributed by atoms with E-state index in [1.165, 1.54) is 0 Å². The predicted molar refractivity (Wildman–Crippen MR) is 115 cm³/mol. The molecule has 0 spiro atoms. The fraction of sp³-hybridized carbons (Fsp3) is 0.750. The number of allylic oxidation sites excluding steroid dienone is 4. The first-order chi connectivity index (χ1) is 15.6. The van der Waals surface area contributed by atoms with E-state index in [1.54, 1.807) is 26.0 Å². The summed E-state index contributed by atoms with van der Waals surface area (Å²) in [6.45, 7) is 6.42. The molecular formula is C24H31Na2O9P. The van der Waals surface area contributed by atoms with Crippen LogP contribution in [-0.2, 0) is 28.2 Å². The predicted octanol–water partition coefficient (Wildman–Crippen LogP) is -4.81. The number of aliphatic hydroxyl groups excluding tert-OH is 1. The normalized spacial score (nSPS) is 44.2. The zero-order valence-electron chi connectivity index (χ0n) is 21.8. The van der Waals surface area contributed by atoms with Crippen molar-refractivity contribution in [2.24, 2.45) is 28.6 Å². The van der Waals surface area contributed by atoms with E-state index in [4.69, 9.17) is 9.47 Å². The van der Waals surface area contributed by atoms with Crippen LogP contribution in [0.5, 0.6) is 0 Å². The van der Waals surface area contributed by atoms with Gasteiger partial charge in [-0.3, -0.25) is 9.59 Å². The average Bonchev–Trinajstić information content (AvgIpc) is 3.12. The standard InChI is InChI=1S/C24H33O9P.2Na/c1-21(2)32-19-10-16-15-6-5-13-9-14(25)7-8-22(13,3)20(15)17(26)11-23(16,4)24(19,33-21)18(27)12-31-34(28,29)30;;/h7-9,15-17,19-20,26H,5-6,10-12H2,1-4H3,(H2,28,29,30);;/q;2*+1/p-2/t15?,16?,17-,19+,20?,22-,23-,24+;;/m0../s1. The first-order valence-electron chi connectivity index (χ1n) is 11.8. The number of hydrogen-bond acceptors (Lipinski definition) is 9. The molecule has 4 fully saturated rings. The van der Waals surface area contributed by atoms with Crippen LogP contribution in [0.1, 0.15) is 53.4 Å². The van der Waals surface area contributed by atoms with Crippen LogP contribution in [0.15, 0.2) is 23.8 Å². The van der Waals surface area contributed by atoms with Crippen molar-refractivity contribution in [1.29, 1.82) is 0 Å². The van der Waals surface area contributed by atoms with E-state index in [9.17, 15) is 29.0 Å². The van der Waals surface area contributed by atoms with Gasteiger partial charge in [0.15, 0.2) is 23.0 Å². The molecule has 1 saturated heterocycles. The number of hydrogen-bond donors (Lipinski definition) is 1. The van der Waals surface area contributed by atoms with Gasteiger partial charge in [0.05, 0.1) is 20.0 Å². The third kappa shape index (κ3) is 4.62. The van der Waals surface area contributed by atoms with Crippen LogP contribution in [-0.4, -0.2) is 46.9 Å². The van der Waals surface area contributed by atoms with Crippen LogP contribution in [0.25, 0.3) is 0 Å². The van der Waals surface area contributed by atoms with Gasteiger partial charge in [-0.1, -0.05) is 25.5 Å². The SMILES string of the molecule is CC1(C)O[C@@H]2CC3C4CCC5=CC(=O)C=C[C@]5(C)C4[C@@H](O)C[C@]3(C)[C@]2(C(=O)COP(=O)([O-])[O-])O1.[Na+].[Na+]. The molecule has 5 aliphatic rings. The maximum Gasteiger partial charge on any atom is 1.00 e. The van der Waals surface area contributed by atoms with Gasteiger partial charge in [-0.05, 0) is 63.5 Å². The van der Waals surface area contributed by atoms with E-state index in [-0.39, 0.29) is 89.1 Å². The van der Waals surface area contributed by atoms with Crippen LogP contribution < -0.4 is 68.9 Å². The number of fused-ring (bicyclic) bond motifs is 7. The van der Waals surface area contributed by atoms with E-state index in [1.807, 2.05) is 13.0 Å². The zero-order chi connectivity index (χ0) is 24.9. The van der Waals surface area contributed by atoms with Gasteiger partial charge in [-0.15, -0.1) is 0 Å². The Morgan fingerprint density at radius 1 is 1.25 bits per heavy atom. The number of phosphoric ester groups is 1. The molecular weight excluding hydrogens is 509 g/mol. The number of carbonyl (C=O) groups is 2. The number of Topliss-reactive ketones (excluding diaryl/α,β-unsaturated/α-hetero) is 1. The summed E-state index contributed by atoms with van der Waals surface area (Å²) in [4.78, 5) is 47.8. The fourth-order valence-corrected chi connectivity index (χ4v) is 8.44. The topological polar surface area (TPSA) is 145 Å². The Morgan fingerprint density at radius 2 is 1.92 bits per heavy atom. The molecule has 0 aromatic rings. The Kier molecular flexibility index (Phi) is 8.72. The van der Waals surface area contributed by atoms with Gasteiger partial charge >= 0.3 is 59.1 Å². The minimum atomic E-state index is -5.36. The van der Waals surface area contributed by atoms with Crippen LogP contribution in [0, 0.1) is 28.6 Å². The van der Waals surface area contributed by atoms with Crippen molar-refractivity contribution in [2.45, 2.75) is 77.0 Å². The Hall–Kier alpha value is 0.810. The minimum Gasteiger partial charge on any atom is -0.790 e. The van der Waals surface area contributed by atoms with Crippen molar-refractivity contribution in [3.63, 3.8) is 0 Å². The van der Waals surface area contributed by atoms with Gasteiger partial charge < -0.3 is 33.5 Å². The summed E-state index contributed by atoms with van der Waals surface area (Å²) in [7, 11) is -5.36. The van der Waals surface area contributed by atoms with E-state index >= 15 is 0 Å². The Morgan fingerprint density at radius 3 is 2.56 bits per heavy atom. The summed E-state index contributed by atoms with van der Waals surface area (Å²) in [6.07, 6.45) is 5.90. The zero-order valence-corrected chi connectivity index (χ0v) is 26.7.